The van der Waals surface area contributed by atoms with Crippen LogP contribution in [0.15, 0.2) is 24.3 Å². The van der Waals surface area contributed by atoms with E-state index in [9.17, 15) is 5.11 Å². The number of phenols is 1. The summed E-state index contributed by atoms with van der Waals surface area (Å²) in [6.07, 6.45) is 0.972. The first-order valence-electron chi connectivity index (χ1n) is 6.12. The summed E-state index contributed by atoms with van der Waals surface area (Å²) in [5.74, 6) is 0.852. The molecule has 2 unspecified atom stereocenters. The van der Waals surface area contributed by atoms with E-state index in [0.717, 1.165) is 19.6 Å². The van der Waals surface area contributed by atoms with E-state index in [4.69, 9.17) is 4.74 Å². The number of benzene rings is 1. The lowest BCUT2D eigenvalue weighted by molar-refractivity contribution is 0.157. The van der Waals surface area contributed by atoms with Crippen LogP contribution in [0, 0.1) is 5.92 Å². The van der Waals surface area contributed by atoms with Gasteiger partial charge in [0.25, 0.3) is 0 Å². The topological polar surface area (TPSA) is 41.5 Å². The van der Waals surface area contributed by atoms with Gasteiger partial charge in [0.2, 0.25) is 0 Å². The molecule has 1 aromatic carbocycles. The molecule has 3 heteroatoms. The van der Waals surface area contributed by atoms with Crippen LogP contribution in [-0.4, -0.2) is 31.4 Å². The molecule has 0 radical (unpaired) electrons. The second-order valence-electron chi connectivity index (χ2n) is 4.74. The summed E-state index contributed by atoms with van der Waals surface area (Å²) in [4.78, 5) is 0. The summed E-state index contributed by atoms with van der Waals surface area (Å²) in [6.45, 7) is 6.10. The Morgan fingerprint density at radius 1 is 1.24 bits per heavy atom. The fourth-order valence-electron chi connectivity index (χ4n) is 1.80. The van der Waals surface area contributed by atoms with E-state index in [1.54, 1.807) is 19.2 Å². The molecule has 17 heavy (non-hydrogen) atoms. The van der Waals surface area contributed by atoms with Crippen molar-refractivity contribution in [1.29, 1.82) is 0 Å². The van der Waals surface area contributed by atoms with Crippen LogP contribution in [-0.2, 0) is 11.2 Å². The van der Waals surface area contributed by atoms with Crippen molar-refractivity contribution in [2.45, 2.75) is 26.3 Å². The molecule has 0 bridgehead atoms. The molecule has 0 aliphatic heterocycles. The van der Waals surface area contributed by atoms with Gasteiger partial charge in [0.15, 0.2) is 0 Å². The SMILES string of the molecule is COCC(C)CNC(C)Cc1ccc(O)cc1. The van der Waals surface area contributed by atoms with Gasteiger partial charge in [0.05, 0.1) is 0 Å². The maximum atomic E-state index is 9.20. The summed E-state index contributed by atoms with van der Waals surface area (Å²) < 4.78 is 5.10. The third-order valence-electron chi connectivity index (χ3n) is 2.74. The summed E-state index contributed by atoms with van der Waals surface area (Å²) in [5, 5.41) is 12.7. The highest BCUT2D eigenvalue weighted by Gasteiger charge is 2.06. The Hall–Kier alpha value is -1.06. The Balaban J connectivity index is 2.29. The van der Waals surface area contributed by atoms with Gasteiger partial charge in [0, 0.05) is 26.3 Å². The summed E-state index contributed by atoms with van der Waals surface area (Å²) >= 11 is 0. The third-order valence-corrected chi connectivity index (χ3v) is 2.74. The average Bonchev–Trinajstić information content (AvgIpc) is 2.30. The minimum Gasteiger partial charge on any atom is -0.508 e. The highest BCUT2D eigenvalue weighted by atomic mass is 16.5. The van der Waals surface area contributed by atoms with Crippen LogP contribution in [0.3, 0.4) is 0 Å². The number of hydrogen-bond donors (Lipinski definition) is 2. The van der Waals surface area contributed by atoms with Crippen molar-refractivity contribution in [3.05, 3.63) is 29.8 Å². The Labute approximate surface area is 104 Å². The smallest absolute Gasteiger partial charge is 0.115 e. The number of rotatable bonds is 7. The van der Waals surface area contributed by atoms with Crippen molar-refractivity contribution in [3.8, 4) is 5.75 Å². The molecule has 0 saturated carbocycles. The lowest BCUT2D eigenvalue weighted by Crippen LogP contribution is -2.33. The molecule has 0 amide bonds. The van der Waals surface area contributed by atoms with Gasteiger partial charge in [-0.05, 0) is 37.0 Å². The van der Waals surface area contributed by atoms with Gasteiger partial charge in [-0.3, -0.25) is 0 Å². The van der Waals surface area contributed by atoms with Crippen LogP contribution in [0.1, 0.15) is 19.4 Å². The van der Waals surface area contributed by atoms with E-state index >= 15 is 0 Å². The van der Waals surface area contributed by atoms with Gasteiger partial charge < -0.3 is 15.2 Å². The maximum absolute atomic E-state index is 9.20. The van der Waals surface area contributed by atoms with E-state index in [-0.39, 0.29) is 0 Å². The van der Waals surface area contributed by atoms with Gasteiger partial charge in [0.1, 0.15) is 5.75 Å². The highest BCUT2D eigenvalue weighted by Crippen LogP contribution is 2.11. The fraction of sp³-hybridized carbons (Fsp3) is 0.571. The second-order valence-corrected chi connectivity index (χ2v) is 4.74. The second kappa shape index (κ2) is 7.30. The maximum Gasteiger partial charge on any atom is 0.115 e. The first kappa shape index (κ1) is 14.0. The van der Waals surface area contributed by atoms with Crippen LogP contribution in [0.25, 0.3) is 0 Å². The molecule has 0 aromatic heterocycles. The van der Waals surface area contributed by atoms with E-state index < -0.39 is 0 Å². The van der Waals surface area contributed by atoms with E-state index in [0.29, 0.717) is 17.7 Å². The first-order chi connectivity index (χ1) is 8.11. The number of nitrogens with one attached hydrogen (secondary N) is 1. The number of aromatic hydroxyl groups is 1. The van der Waals surface area contributed by atoms with Crippen molar-refractivity contribution in [1.82, 2.24) is 5.32 Å². The third kappa shape index (κ3) is 5.71. The Kier molecular flexibility index (Phi) is 6.01. The molecule has 0 heterocycles. The minimum absolute atomic E-state index is 0.322. The van der Waals surface area contributed by atoms with Crippen LogP contribution < -0.4 is 5.32 Å². The van der Waals surface area contributed by atoms with Crippen molar-refractivity contribution in [2.75, 3.05) is 20.3 Å². The number of ether oxygens (including phenoxy) is 1. The summed E-state index contributed by atoms with van der Waals surface area (Å²) in [7, 11) is 1.73. The Morgan fingerprint density at radius 3 is 2.47 bits per heavy atom. The molecule has 1 rings (SSSR count). The van der Waals surface area contributed by atoms with Gasteiger partial charge in [-0.2, -0.15) is 0 Å². The van der Waals surface area contributed by atoms with Crippen molar-refractivity contribution < 1.29 is 9.84 Å². The van der Waals surface area contributed by atoms with E-state index in [1.165, 1.54) is 5.56 Å². The van der Waals surface area contributed by atoms with Gasteiger partial charge >= 0.3 is 0 Å². The minimum atomic E-state index is 0.322. The average molecular weight is 237 g/mol. The largest absolute Gasteiger partial charge is 0.508 e. The molecular weight excluding hydrogens is 214 g/mol. The molecule has 0 aliphatic carbocycles. The van der Waals surface area contributed by atoms with Crippen LogP contribution in [0.5, 0.6) is 5.75 Å². The molecule has 2 N–H and O–H groups in total. The zero-order valence-electron chi connectivity index (χ0n) is 10.9. The van der Waals surface area contributed by atoms with Crippen molar-refractivity contribution in [3.63, 3.8) is 0 Å². The number of methoxy groups -OCH3 is 1. The molecule has 96 valence electrons. The predicted octanol–water partition coefficient (Wildman–Crippen LogP) is 2.20. The van der Waals surface area contributed by atoms with E-state index in [1.807, 2.05) is 12.1 Å². The zero-order valence-corrected chi connectivity index (χ0v) is 10.9. The van der Waals surface area contributed by atoms with Crippen LogP contribution in [0.2, 0.25) is 0 Å². The zero-order chi connectivity index (χ0) is 12.7. The summed E-state index contributed by atoms with van der Waals surface area (Å²) in [5.41, 5.74) is 1.24. The first-order valence-corrected chi connectivity index (χ1v) is 6.12. The molecule has 1 aromatic rings. The highest BCUT2D eigenvalue weighted by molar-refractivity contribution is 5.26. The van der Waals surface area contributed by atoms with Crippen molar-refractivity contribution >= 4 is 0 Å². The van der Waals surface area contributed by atoms with Crippen LogP contribution >= 0.6 is 0 Å². The number of phenolic OH excluding ortho intramolecular Hbond substituents is 1. The number of hydrogen-bond acceptors (Lipinski definition) is 3. The standard InChI is InChI=1S/C14H23NO2/c1-11(10-17-3)9-15-12(2)8-13-4-6-14(16)7-5-13/h4-7,11-12,15-16H,8-10H2,1-3H3. The van der Waals surface area contributed by atoms with Gasteiger partial charge in [-0.25, -0.2) is 0 Å². The molecule has 3 nitrogen and oxygen atoms in total. The van der Waals surface area contributed by atoms with Crippen LogP contribution in [0.4, 0.5) is 0 Å². The van der Waals surface area contributed by atoms with Gasteiger partial charge in [-0.1, -0.05) is 19.1 Å². The van der Waals surface area contributed by atoms with E-state index in [2.05, 4.69) is 19.2 Å². The molecule has 2 atom stereocenters. The quantitative estimate of drug-likeness (QED) is 0.764. The van der Waals surface area contributed by atoms with Crippen molar-refractivity contribution in [2.24, 2.45) is 5.92 Å². The predicted molar refractivity (Wildman–Crippen MR) is 70.3 cm³/mol. The normalized spacial score (nSPS) is 14.5. The summed E-state index contributed by atoms with van der Waals surface area (Å²) in [6, 6.07) is 7.82. The monoisotopic (exact) mass is 237 g/mol. The molecule has 0 saturated heterocycles. The molecule has 0 aliphatic rings. The molecular formula is C14H23NO2. The fourth-order valence-corrected chi connectivity index (χ4v) is 1.80. The molecule has 0 spiro atoms. The lowest BCUT2D eigenvalue weighted by Gasteiger charge is -2.17. The van der Waals surface area contributed by atoms with Gasteiger partial charge in [-0.15, -0.1) is 0 Å². The molecule has 0 fully saturated rings. The Morgan fingerprint density at radius 2 is 1.88 bits per heavy atom. The lowest BCUT2D eigenvalue weighted by atomic mass is 10.1. The Bertz CT molecular complexity index is 311.